The average Bonchev–Trinajstić information content (AvgIpc) is 3.10. The van der Waals surface area contributed by atoms with Crippen LogP contribution < -0.4 is 11.1 Å². The molecule has 0 aliphatic carbocycles. The van der Waals surface area contributed by atoms with E-state index in [0.29, 0.717) is 5.82 Å². The van der Waals surface area contributed by atoms with E-state index in [4.69, 9.17) is 5.73 Å². The minimum absolute atomic E-state index is 0.576. The summed E-state index contributed by atoms with van der Waals surface area (Å²) in [7, 11) is 0. The van der Waals surface area contributed by atoms with Gasteiger partial charge in [0, 0.05) is 31.0 Å². The van der Waals surface area contributed by atoms with Crippen molar-refractivity contribution >= 4 is 22.4 Å². The summed E-state index contributed by atoms with van der Waals surface area (Å²) in [4.78, 5) is 6.64. The number of nitrogens with zero attached hydrogens (tertiary/aromatic N) is 3. The summed E-state index contributed by atoms with van der Waals surface area (Å²) in [5.74, 6) is 0.576. The van der Waals surface area contributed by atoms with E-state index in [-0.39, 0.29) is 0 Å². The molecule has 106 valence electrons. The lowest BCUT2D eigenvalue weighted by molar-refractivity contribution is 0.353. The predicted molar refractivity (Wildman–Crippen MR) is 83.9 cm³/mol. The van der Waals surface area contributed by atoms with Gasteiger partial charge in [0.1, 0.15) is 10.8 Å². The van der Waals surface area contributed by atoms with Crippen LogP contribution in [0.4, 0.5) is 10.8 Å². The van der Waals surface area contributed by atoms with Crippen LogP contribution in [0.2, 0.25) is 0 Å². The second-order valence-electron chi connectivity index (χ2n) is 4.99. The fraction of sp³-hybridized carbons (Fsp3) is 0.429. The van der Waals surface area contributed by atoms with E-state index >= 15 is 0 Å². The highest BCUT2D eigenvalue weighted by Crippen LogP contribution is 2.36. The number of nitrogens with one attached hydrogen (secondary N) is 1. The highest BCUT2D eigenvalue weighted by Gasteiger charge is 2.15. The zero-order valence-corrected chi connectivity index (χ0v) is 12.2. The maximum Gasteiger partial charge on any atom is 0.147 e. The van der Waals surface area contributed by atoms with Crippen LogP contribution in [0, 0.1) is 0 Å². The van der Waals surface area contributed by atoms with E-state index in [0.717, 1.165) is 29.2 Å². The van der Waals surface area contributed by atoms with E-state index < -0.39 is 0 Å². The Morgan fingerprint density at radius 2 is 2.20 bits per heavy atom. The first kappa shape index (κ1) is 13.3. The summed E-state index contributed by atoms with van der Waals surface area (Å²) in [5, 5.41) is 4.50. The maximum atomic E-state index is 5.99. The van der Waals surface area contributed by atoms with Crippen molar-refractivity contribution in [3.05, 3.63) is 24.5 Å². The van der Waals surface area contributed by atoms with E-state index in [9.17, 15) is 0 Å². The van der Waals surface area contributed by atoms with Crippen molar-refractivity contribution in [1.29, 1.82) is 0 Å². The third-order valence-electron chi connectivity index (χ3n) is 3.58. The molecule has 6 heteroatoms. The molecule has 20 heavy (non-hydrogen) atoms. The monoisotopic (exact) mass is 289 g/mol. The standard InChI is InChI=1S/C14H19N5S/c15-13-12(11-4-3-5-16-10-11)14(20-18-13)17-6-9-19-7-1-2-8-19/h3-5,10,17H,1-2,6-9H2,(H2,15,18). The number of nitrogens with two attached hydrogens (primary N) is 1. The molecule has 3 heterocycles. The zero-order valence-electron chi connectivity index (χ0n) is 11.4. The molecule has 0 amide bonds. The van der Waals surface area contributed by atoms with Gasteiger partial charge >= 0.3 is 0 Å². The lowest BCUT2D eigenvalue weighted by atomic mass is 10.1. The van der Waals surface area contributed by atoms with Gasteiger partial charge in [-0.1, -0.05) is 6.07 Å². The van der Waals surface area contributed by atoms with Crippen molar-refractivity contribution in [2.24, 2.45) is 0 Å². The minimum Gasteiger partial charge on any atom is -0.382 e. The first-order valence-corrected chi connectivity index (χ1v) is 7.74. The van der Waals surface area contributed by atoms with Crippen LogP contribution in [-0.4, -0.2) is 40.4 Å². The highest BCUT2D eigenvalue weighted by atomic mass is 32.1. The summed E-state index contributed by atoms with van der Waals surface area (Å²) >= 11 is 1.42. The van der Waals surface area contributed by atoms with E-state index in [1.54, 1.807) is 6.20 Å². The molecule has 3 rings (SSSR count). The number of anilines is 2. The van der Waals surface area contributed by atoms with Crippen LogP contribution >= 0.6 is 11.5 Å². The number of rotatable bonds is 5. The molecule has 1 aliphatic heterocycles. The molecule has 0 spiro atoms. The van der Waals surface area contributed by atoms with Gasteiger partial charge in [0.05, 0.1) is 5.56 Å². The molecular weight excluding hydrogens is 270 g/mol. The summed E-state index contributed by atoms with van der Waals surface area (Å²) < 4.78 is 4.26. The number of hydrogen-bond acceptors (Lipinski definition) is 6. The van der Waals surface area contributed by atoms with Crippen LogP contribution in [0.1, 0.15) is 12.8 Å². The fourth-order valence-corrected chi connectivity index (χ4v) is 3.31. The van der Waals surface area contributed by atoms with Crippen LogP contribution in [0.15, 0.2) is 24.5 Å². The number of nitrogen functional groups attached to an aromatic ring is 1. The lowest BCUT2D eigenvalue weighted by Crippen LogP contribution is -2.25. The molecule has 0 radical (unpaired) electrons. The predicted octanol–water partition coefficient (Wildman–Crippen LogP) is 2.30. The van der Waals surface area contributed by atoms with Crippen LogP contribution in [0.5, 0.6) is 0 Å². The molecule has 0 saturated carbocycles. The normalized spacial score (nSPS) is 15.6. The van der Waals surface area contributed by atoms with E-state index in [1.807, 2.05) is 18.3 Å². The summed E-state index contributed by atoms with van der Waals surface area (Å²) in [6, 6.07) is 3.93. The van der Waals surface area contributed by atoms with Gasteiger partial charge in [-0.15, -0.1) is 0 Å². The number of pyridine rings is 1. The molecule has 0 aromatic carbocycles. The van der Waals surface area contributed by atoms with Gasteiger partial charge < -0.3 is 16.0 Å². The Kier molecular flexibility index (Phi) is 4.13. The number of likely N-dealkylation sites (tertiary alicyclic amines) is 1. The minimum atomic E-state index is 0.576. The van der Waals surface area contributed by atoms with Crippen LogP contribution in [0.3, 0.4) is 0 Å². The zero-order chi connectivity index (χ0) is 13.8. The van der Waals surface area contributed by atoms with Crippen molar-refractivity contribution in [2.45, 2.75) is 12.8 Å². The Labute approximate surface area is 123 Å². The molecule has 3 N–H and O–H groups in total. The Balaban J connectivity index is 1.67. The largest absolute Gasteiger partial charge is 0.382 e. The molecule has 1 saturated heterocycles. The first-order valence-electron chi connectivity index (χ1n) is 6.96. The van der Waals surface area contributed by atoms with Gasteiger partial charge in [-0.25, -0.2) is 0 Å². The second kappa shape index (κ2) is 6.19. The molecule has 0 atom stereocenters. The third-order valence-corrected chi connectivity index (χ3v) is 4.40. The molecule has 0 bridgehead atoms. The molecule has 5 nitrogen and oxygen atoms in total. The maximum absolute atomic E-state index is 5.99. The van der Waals surface area contributed by atoms with Crippen molar-refractivity contribution in [1.82, 2.24) is 14.3 Å². The third kappa shape index (κ3) is 2.91. The Bertz CT molecular complexity index is 548. The van der Waals surface area contributed by atoms with E-state index in [2.05, 4.69) is 19.6 Å². The SMILES string of the molecule is Nc1nsc(NCCN2CCCC2)c1-c1cccnc1. The van der Waals surface area contributed by atoms with Gasteiger partial charge in [0.15, 0.2) is 0 Å². The fourth-order valence-electron chi connectivity index (χ4n) is 2.55. The van der Waals surface area contributed by atoms with Crippen LogP contribution in [0.25, 0.3) is 11.1 Å². The van der Waals surface area contributed by atoms with Crippen molar-refractivity contribution in [2.75, 3.05) is 37.2 Å². The second-order valence-corrected chi connectivity index (χ2v) is 5.76. The van der Waals surface area contributed by atoms with Gasteiger partial charge in [-0.2, -0.15) is 4.37 Å². The Morgan fingerprint density at radius 1 is 1.35 bits per heavy atom. The molecular formula is C14H19N5S. The molecule has 2 aromatic rings. The van der Waals surface area contributed by atoms with Gasteiger partial charge in [0.25, 0.3) is 0 Å². The van der Waals surface area contributed by atoms with Crippen molar-refractivity contribution in [3.8, 4) is 11.1 Å². The number of aromatic nitrogens is 2. The highest BCUT2D eigenvalue weighted by molar-refractivity contribution is 7.11. The van der Waals surface area contributed by atoms with Crippen molar-refractivity contribution < 1.29 is 0 Å². The molecule has 2 aromatic heterocycles. The summed E-state index contributed by atoms with van der Waals surface area (Å²) in [6.07, 6.45) is 6.24. The number of hydrogen-bond donors (Lipinski definition) is 2. The average molecular weight is 289 g/mol. The van der Waals surface area contributed by atoms with Crippen LogP contribution in [-0.2, 0) is 0 Å². The quantitative estimate of drug-likeness (QED) is 0.884. The molecule has 1 aliphatic rings. The van der Waals surface area contributed by atoms with Gasteiger partial charge in [-0.05, 0) is 43.5 Å². The van der Waals surface area contributed by atoms with Crippen molar-refractivity contribution in [3.63, 3.8) is 0 Å². The smallest absolute Gasteiger partial charge is 0.147 e. The summed E-state index contributed by atoms with van der Waals surface area (Å²) in [6.45, 7) is 4.45. The summed E-state index contributed by atoms with van der Waals surface area (Å²) in [5.41, 5.74) is 7.98. The van der Waals surface area contributed by atoms with E-state index in [1.165, 1.54) is 37.5 Å². The topological polar surface area (TPSA) is 67.1 Å². The van der Waals surface area contributed by atoms with Gasteiger partial charge in [-0.3, -0.25) is 4.98 Å². The molecule has 1 fully saturated rings. The lowest BCUT2D eigenvalue weighted by Gasteiger charge is -2.15. The first-order chi connectivity index (χ1) is 9.84. The Morgan fingerprint density at radius 3 is 2.95 bits per heavy atom. The Hall–Kier alpha value is -1.66. The van der Waals surface area contributed by atoms with Gasteiger partial charge in [0.2, 0.25) is 0 Å². The molecule has 0 unspecified atom stereocenters.